The fourth-order valence-corrected chi connectivity index (χ4v) is 4.41. The molecule has 0 aromatic rings. The van der Waals surface area contributed by atoms with Crippen LogP contribution in [0.5, 0.6) is 0 Å². The molecule has 0 bridgehead atoms. The van der Waals surface area contributed by atoms with Crippen LogP contribution in [0.3, 0.4) is 0 Å². The van der Waals surface area contributed by atoms with E-state index in [1.165, 1.54) is 32.1 Å². The fourth-order valence-electron chi connectivity index (χ4n) is 4.41. The average Bonchev–Trinajstić information content (AvgIpc) is 2.48. The standard InChI is InChI=1S/C18H33NO2/c1-5-17(2,3)14-8-10-15(11-9-14)19-13-7-6-12-18(19,4)16(20)21/h14-15H,5-13H2,1-4H3,(H,20,21). The molecule has 3 heteroatoms. The molecule has 0 spiro atoms. The summed E-state index contributed by atoms with van der Waals surface area (Å²) in [5, 5.41) is 9.68. The molecule has 1 saturated carbocycles. The summed E-state index contributed by atoms with van der Waals surface area (Å²) in [5.74, 6) is 0.179. The van der Waals surface area contributed by atoms with Gasteiger partial charge in [-0.1, -0.05) is 27.2 Å². The maximum absolute atomic E-state index is 11.8. The summed E-state index contributed by atoms with van der Waals surface area (Å²) < 4.78 is 0. The molecule has 2 fully saturated rings. The van der Waals surface area contributed by atoms with Gasteiger partial charge in [0.05, 0.1) is 0 Å². The number of carboxylic acids is 1. The van der Waals surface area contributed by atoms with Crippen molar-refractivity contribution in [3.63, 3.8) is 0 Å². The summed E-state index contributed by atoms with van der Waals surface area (Å²) >= 11 is 0. The third kappa shape index (κ3) is 3.28. The van der Waals surface area contributed by atoms with E-state index < -0.39 is 11.5 Å². The quantitative estimate of drug-likeness (QED) is 0.840. The number of carbonyl (C=O) groups is 1. The lowest BCUT2D eigenvalue weighted by Gasteiger charge is -2.49. The van der Waals surface area contributed by atoms with Crippen LogP contribution >= 0.6 is 0 Å². The van der Waals surface area contributed by atoms with E-state index in [1.807, 2.05) is 6.92 Å². The molecule has 0 aromatic heterocycles. The Hall–Kier alpha value is -0.570. The van der Waals surface area contributed by atoms with Crippen LogP contribution in [0.2, 0.25) is 0 Å². The van der Waals surface area contributed by atoms with E-state index in [9.17, 15) is 9.90 Å². The molecule has 122 valence electrons. The van der Waals surface area contributed by atoms with Crippen molar-refractivity contribution >= 4 is 5.97 Å². The highest BCUT2D eigenvalue weighted by Gasteiger charge is 2.45. The Labute approximate surface area is 130 Å². The van der Waals surface area contributed by atoms with Crippen LogP contribution < -0.4 is 0 Å². The first-order valence-electron chi connectivity index (χ1n) is 8.81. The van der Waals surface area contributed by atoms with Gasteiger partial charge in [0.25, 0.3) is 0 Å². The molecule has 1 N–H and O–H groups in total. The second kappa shape index (κ2) is 6.28. The van der Waals surface area contributed by atoms with E-state index in [0.29, 0.717) is 11.5 Å². The molecule has 1 aliphatic heterocycles. The van der Waals surface area contributed by atoms with Crippen molar-refractivity contribution in [2.45, 2.75) is 90.6 Å². The molecule has 2 aliphatic rings. The molecule has 0 radical (unpaired) electrons. The van der Waals surface area contributed by atoms with Gasteiger partial charge in [-0.05, 0) is 69.7 Å². The molecule has 1 unspecified atom stereocenters. The first-order valence-corrected chi connectivity index (χ1v) is 8.81. The van der Waals surface area contributed by atoms with Gasteiger partial charge in [0.1, 0.15) is 5.54 Å². The van der Waals surface area contributed by atoms with Gasteiger partial charge in [-0.25, -0.2) is 0 Å². The predicted molar refractivity (Wildman–Crippen MR) is 86.4 cm³/mol. The minimum atomic E-state index is -0.629. The largest absolute Gasteiger partial charge is 0.480 e. The van der Waals surface area contributed by atoms with Crippen LogP contribution in [-0.2, 0) is 4.79 Å². The Kier molecular flexibility index (Phi) is 5.02. The Morgan fingerprint density at radius 1 is 1.24 bits per heavy atom. The SMILES string of the molecule is CCC(C)(C)C1CCC(N2CCCCC2(C)C(=O)O)CC1. The number of carboxylic acid groups (broad SMARTS) is 1. The molecule has 3 nitrogen and oxygen atoms in total. The molecule has 1 atom stereocenters. The highest BCUT2D eigenvalue weighted by atomic mass is 16.4. The van der Waals surface area contributed by atoms with Gasteiger partial charge >= 0.3 is 5.97 Å². The van der Waals surface area contributed by atoms with Crippen LogP contribution in [0.25, 0.3) is 0 Å². The van der Waals surface area contributed by atoms with Crippen molar-refractivity contribution in [3.8, 4) is 0 Å². The summed E-state index contributed by atoms with van der Waals surface area (Å²) in [6.45, 7) is 9.98. The summed E-state index contributed by atoms with van der Waals surface area (Å²) in [6, 6.07) is 0.482. The topological polar surface area (TPSA) is 40.5 Å². The fraction of sp³-hybridized carbons (Fsp3) is 0.944. The third-order valence-electron chi connectivity index (χ3n) is 6.56. The first kappa shape index (κ1) is 16.8. The van der Waals surface area contributed by atoms with E-state index in [2.05, 4.69) is 25.7 Å². The molecule has 0 amide bonds. The Morgan fingerprint density at radius 2 is 1.86 bits per heavy atom. The Bertz CT molecular complexity index is 371. The second-order valence-electron chi connectivity index (χ2n) is 8.08. The number of rotatable bonds is 4. The van der Waals surface area contributed by atoms with Crippen LogP contribution in [0.4, 0.5) is 0 Å². The normalized spacial score (nSPS) is 35.6. The van der Waals surface area contributed by atoms with Crippen molar-refractivity contribution in [2.24, 2.45) is 11.3 Å². The second-order valence-corrected chi connectivity index (χ2v) is 8.08. The molecular weight excluding hydrogens is 262 g/mol. The minimum Gasteiger partial charge on any atom is -0.480 e. The van der Waals surface area contributed by atoms with Gasteiger partial charge in [0, 0.05) is 6.04 Å². The van der Waals surface area contributed by atoms with E-state index >= 15 is 0 Å². The number of hydrogen-bond acceptors (Lipinski definition) is 2. The summed E-state index contributed by atoms with van der Waals surface area (Å²) in [4.78, 5) is 14.1. The summed E-state index contributed by atoms with van der Waals surface area (Å²) in [6.07, 6.45) is 9.13. The number of aliphatic carboxylic acids is 1. The predicted octanol–water partition coefficient (Wildman–Crippen LogP) is 4.31. The number of likely N-dealkylation sites (tertiary alicyclic amines) is 1. The van der Waals surface area contributed by atoms with Crippen LogP contribution in [-0.4, -0.2) is 34.1 Å². The average molecular weight is 295 g/mol. The zero-order valence-electron chi connectivity index (χ0n) is 14.3. The van der Waals surface area contributed by atoms with Crippen LogP contribution in [0.1, 0.15) is 79.1 Å². The third-order valence-corrected chi connectivity index (χ3v) is 6.56. The van der Waals surface area contributed by atoms with Gasteiger partial charge < -0.3 is 5.11 Å². The lowest BCUT2D eigenvalue weighted by atomic mass is 9.68. The summed E-state index contributed by atoms with van der Waals surface area (Å²) in [7, 11) is 0. The number of hydrogen-bond donors (Lipinski definition) is 1. The van der Waals surface area contributed by atoms with Crippen molar-refractivity contribution in [3.05, 3.63) is 0 Å². The first-order chi connectivity index (χ1) is 9.81. The minimum absolute atomic E-state index is 0.434. The van der Waals surface area contributed by atoms with Gasteiger partial charge in [-0.15, -0.1) is 0 Å². The number of piperidine rings is 1. The molecule has 1 aliphatic carbocycles. The van der Waals surface area contributed by atoms with Crippen molar-refractivity contribution < 1.29 is 9.90 Å². The number of nitrogens with zero attached hydrogens (tertiary/aromatic N) is 1. The molecular formula is C18H33NO2. The van der Waals surface area contributed by atoms with Gasteiger partial charge in [0.15, 0.2) is 0 Å². The van der Waals surface area contributed by atoms with E-state index in [-0.39, 0.29) is 0 Å². The van der Waals surface area contributed by atoms with E-state index in [4.69, 9.17) is 0 Å². The Balaban J connectivity index is 2.02. The zero-order chi connectivity index (χ0) is 15.7. The van der Waals surface area contributed by atoms with Gasteiger partial charge in [-0.2, -0.15) is 0 Å². The van der Waals surface area contributed by atoms with Crippen LogP contribution in [0, 0.1) is 11.3 Å². The lowest BCUT2D eigenvalue weighted by molar-refractivity contribution is -0.156. The van der Waals surface area contributed by atoms with Gasteiger partial charge in [-0.3, -0.25) is 9.69 Å². The maximum Gasteiger partial charge on any atom is 0.323 e. The highest BCUT2D eigenvalue weighted by molar-refractivity contribution is 5.78. The lowest BCUT2D eigenvalue weighted by Crippen LogP contribution is -2.59. The molecule has 0 aromatic carbocycles. The van der Waals surface area contributed by atoms with E-state index in [1.54, 1.807) is 0 Å². The highest BCUT2D eigenvalue weighted by Crippen LogP contribution is 2.43. The monoisotopic (exact) mass is 295 g/mol. The summed E-state index contributed by atoms with van der Waals surface area (Å²) in [5.41, 5.74) is -0.195. The van der Waals surface area contributed by atoms with Crippen LogP contribution in [0.15, 0.2) is 0 Å². The Morgan fingerprint density at radius 3 is 2.38 bits per heavy atom. The smallest absolute Gasteiger partial charge is 0.323 e. The molecule has 1 heterocycles. The molecule has 21 heavy (non-hydrogen) atoms. The van der Waals surface area contributed by atoms with E-state index in [0.717, 1.165) is 31.7 Å². The van der Waals surface area contributed by atoms with Gasteiger partial charge in [0.2, 0.25) is 0 Å². The maximum atomic E-state index is 11.8. The van der Waals surface area contributed by atoms with Crippen molar-refractivity contribution in [2.75, 3.05) is 6.54 Å². The molecule has 2 rings (SSSR count). The molecule has 1 saturated heterocycles. The van der Waals surface area contributed by atoms with Crippen molar-refractivity contribution in [1.82, 2.24) is 4.90 Å². The van der Waals surface area contributed by atoms with Crippen molar-refractivity contribution in [1.29, 1.82) is 0 Å². The zero-order valence-corrected chi connectivity index (χ0v) is 14.3.